The first-order valence-electron chi connectivity index (χ1n) is 6.70. The number of hydrogen-bond donors (Lipinski definition) is 1. The molecule has 6 nitrogen and oxygen atoms in total. The van der Waals surface area contributed by atoms with E-state index in [1.165, 1.54) is 16.7 Å². The molecule has 2 aromatic rings. The molecule has 1 N–H and O–H groups in total. The first kappa shape index (κ1) is 15.2. The van der Waals surface area contributed by atoms with Gasteiger partial charge in [-0.25, -0.2) is 9.78 Å². The van der Waals surface area contributed by atoms with Gasteiger partial charge in [0.15, 0.2) is 5.58 Å². The van der Waals surface area contributed by atoms with Crippen LogP contribution in [0.5, 0.6) is 0 Å². The number of oxazole rings is 1. The summed E-state index contributed by atoms with van der Waals surface area (Å²) in [6, 6.07) is 4.86. The summed E-state index contributed by atoms with van der Waals surface area (Å²) in [7, 11) is 0. The number of fused-ring (bicyclic) bond motifs is 1. The first-order chi connectivity index (χ1) is 10.4. The SMILES string of the molecule is CC1(C)NC(=O)N(CCSc2nc3cc(Cl)ccc3o2)C1=O. The Kier molecular flexibility index (Phi) is 3.78. The molecule has 0 spiro atoms. The molecule has 116 valence electrons. The highest BCUT2D eigenvalue weighted by Crippen LogP contribution is 2.26. The smallest absolute Gasteiger partial charge is 0.325 e. The molecule has 1 aliphatic heterocycles. The number of carbonyl (C=O) groups is 2. The van der Waals surface area contributed by atoms with Crippen LogP contribution < -0.4 is 5.32 Å². The van der Waals surface area contributed by atoms with Crippen molar-refractivity contribution in [1.82, 2.24) is 15.2 Å². The van der Waals surface area contributed by atoms with Crippen LogP contribution >= 0.6 is 23.4 Å². The lowest BCUT2D eigenvalue weighted by atomic mass is 10.1. The Balaban J connectivity index is 1.63. The van der Waals surface area contributed by atoms with Crippen molar-refractivity contribution in [2.75, 3.05) is 12.3 Å². The standard InChI is InChI=1S/C14H14ClN3O3S/c1-14(2)11(19)18(12(20)17-14)5-6-22-13-16-9-7-8(15)3-4-10(9)21-13/h3-4,7H,5-6H2,1-2H3,(H,17,20). The molecular weight excluding hydrogens is 326 g/mol. The van der Waals surface area contributed by atoms with Crippen molar-refractivity contribution >= 4 is 46.4 Å². The minimum absolute atomic E-state index is 0.220. The highest BCUT2D eigenvalue weighted by Gasteiger charge is 2.43. The van der Waals surface area contributed by atoms with Crippen molar-refractivity contribution < 1.29 is 14.0 Å². The number of carbonyl (C=O) groups excluding carboxylic acids is 2. The van der Waals surface area contributed by atoms with Gasteiger partial charge in [0.05, 0.1) is 0 Å². The van der Waals surface area contributed by atoms with E-state index >= 15 is 0 Å². The zero-order chi connectivity index (χ0) is 15.9. The van der Waals surface area contributed by atoms with E-state index in [0.717, 1.165) is 0 Å². The Labute approximate surface area is 136 Å². The van der Waals surface area contributed by atoms with Crippen molar-refractivity contribution in [3.8, 4) is 0 Å². The highest BCUT2D eigenvalue weighted by atomic mass is 35.5. The van der Waals surface area contributed by atoms with Gasteiger partial charge in [-0.1, -0.05) is 23.4 Å². The van der Waals surface area contributed by atoms with E-state index in [-0.39, 0.29) is 11.9 Å². The number of benzene rings is 1. The Hall–Kier alpha value is -1.73. The summed E-state index contributed by atoms with van der Waals surface area (Å²) in [6.07, 6.45) is 0. The Morgan fingerprint density at radius 1 is 1.41 bits per heavy atom. The molecule has 8 heteroatoms. The monoisotopic (exact) mass is 339 g/mol. The van der Waals surface area contributed by atoms with Crippen LogP contribution in [0.3, 0.4) is 0 Å². The van der Waals surface area contributed by atoms with E-state index in [4.69, 9.17) is 16.0 Å². The van der Waals surface area contributed by atoms with Crippen LogP contribution in [-0.4, -0.2) is 39.7 Å². The van der Waals surface area contributed by atoms with Crippen LogP contribution in [0.4, 0.5) is 4.79 Å². The van der Waals surface area contributed by atoms with Crippen molar-refractivity contribution in [1.29, 1.82) is 0 Å². The second-order valence-corrected chi connectivity index (χ2v) is 6.93. The maximum Gasteiger partial charge on any atom is 0.325 e. The third-order valence-corrected chi connectivity index (χ3v) is 4.36. The van der Waals surface area contributed by atoms with Crippen LogP contribution in [0, 0.1) is 0 Å². The lowest BCUT2D eigenvalue weighted by molar-refractivity contribution is -0.130. The molecule has 2 heterocycles. The Morgan fingerprint density at radius 2 is 2.18 bits per heavy atom. The fraction of sp³-hybridized carbons (Fsp3) is 0.357. The summed E-state index contributed by atoms with van der Waals surface area (Å²) >= 11 is 7.25. The predicted molar refractivity (Wildman–Crippen MR) is 84.1 cm³/mol. The summed E-state index contributed by atoms with van der Waals surface area (Å²) in [5, 5.41) is 3.73. The average Bonchev–Trinajstić information content (AvgIpc) is 2.91. The second kappa shape index (κ2) is 5.48. The third-order valence-electron chi connectivity index (χ3n) is 3.31. The van der Waals surface area contributed by atoms with Gasteiger partial charge in [0.25, 0.3) is 11.1 Å². The van der Waals surface area contributed by atoms with Crippen LogP contribution in [0.15, 0.2) is 27.8 Å². The maximum absolute atomic E-state index is 12.0. The number of aromatic nitrogens is 1. The number of rotatable bonds is 4. The topological polar surface area (TPSA) is 75.4 Å². The lowest BCUT2D eigenvalue weighted by Crippen LogP contribution is -2.40. The van der Waals surface area contributed by atoms with Gasteiger partial charge in [-0.15, -0.1) is 0 Å². The number of nitrogens with one attached hydrogen (secondary N) is 1. The van der Waals surface area contributed by atoms with Crippen molar-refractivity contribution in [2.45, 2.75) is 24.6 Å². The molecule has 0 saturated carbocycles. The largest absolute Gasteiger partial charge is 0.431 e. The number of nitrogens with zero attached hydrogens (tertiary/aromatic N) is 2. The molecule has 0 unspecified atom stereocenters. The summed E-state index contributed by atoms with van der Waals surface area (Å²) in [4.78, 5) is 29.3. The molecule has 1 aromatic heterocycles. The van der Waals surface area contributed by atoms with E-state index in [2.05, 4.69) is 10.3 Å². The maximum atomic E-state index is 12.0. The zero-order valence-electron chi connectivity index (χ0n) is 12.1. The van der Waals surface area contributed by atoms with E-state index in [1.54, 1.807) is 32.0 Å². The summed E-state index contributed by atoms with van der Waals surface area (Å²) < 4.78 is 5.57. The minimum atomic E-state index is -0.837. The summed E-state index contributed by atoms with van der Waals surface area (Å²) in [5.41, 5.74) is 0.505. The molecule has 22 heavy (non-hydrogen) atoms. The number of urea groups is 1. The third kappa shape index (κ3) is 2.78. The highest BCUT2D eigenvalue weighted by molar-refractivity contribution is 7.99. The van der Waals surface area contributed by atoms with Crippen molar-refractivity contribution in [3.05, 3.63) is 23.2 Å². The average molecular weight is 340 g/mol. The van der Waals surface area contributed by atoms with Gasteiger partial charge in [0.1, 0.15) is 11.1 Å². The zero-order valence-corrected chi connectivity index (χ0v) is 13.6. The van der Waals surface area contributed by atoms with Crippen molar-refractivity contribution in [2.24, 2.45) is 0 Å². The molecule has 1 aromatic carbocycles. The predicted octanol–water partition coefficient (Wildman–Crippen LogP) is 2.90. The van der Waals surface area contributed by atoms with E-state index in [0.29, 0.717) is 33.6 Å². The number of hydrogen-bond acceptors (Lipinski definition) is 5. The van der Waals surface area contributed by atoms with E-state index in [9.17, 15) is 9.59 Å². The molecule has 0 bridgehead atoms. The van der Waals surface area contributed by atoms with Gasteiger partial charge in [-0.2, -0.15) is 0 Å². The molecule has 1 saturated heterocycles. The molecular formula is C14H14ClN3O3S. The van der Waals surface area contributed by atoms with Gasteiger partial charge < -0.3 is 9.73 Å². The van der Waals surface area contributed by atoms with Gasteiger partial charge in [0, 0.05) is 17.3 Å². The van der Waals surface area contributed by atoms with Crippen molar-refractivity contribution in [3.63, 3.8) is 0 Å². The fourth-order valence-corrected chi connectivity index (χ4v) is 3.11. The van der Waals surface area contributed by atoms with Crippen LogP contribution in [-0.2, 0) is 4.79 Å². The molecule has 1 aliphatic rings. The van der Waals surface area contributed by atoms with Crippen LogP contribution in [0.25, 0.3) is 11.1 Å². The molecule has 0 radical (unpaired) electrons. The minimum Gasteiger partial charge on any atom is -0.431 e. The molecule has 3 amide bonds. The van der Waals surface area contributed by atoms with Crippen LogP contribution in [0.2, 0.25) is 5.02 Å². The number of imide groups is 1. The normalized spacial score (nSPS) is 17.3. The number of thioether (sulfide) groups is 1. The summed E-state index contributed by atoms with van der Waals surface area (Å²) in [5.74, 6) is 0.290. The molecule has 0 atom stereocenters. The molecule has 1 fully saturated rings. The second-order valence-electron chi connectivity index (χ2n) is 5.45. The quantitative estimate of drug-likeness (QED) is 0.684. The summed E-state index contributed by atoms with van der Waals surface area (Å²) in [6.45, 7) is 3.67. The van der Waals surface area contributed by atoms with Gasteiger partial charge in [0.2, 0.25) is 0 Å². The number of amides is 3. The molecule has 0 aliphatic carbocycles. The first-order valence-corrected chi connectivity index (χ1v) is 8.06. The molecule has 3 rings (SSSR count). The van der Waals surface area contributed by atoms with Gasteiger partial charge in [-0.05, 0) is 32.0 Å². The fourth-order valence-electron chi connectivity index (χ4n) is 2.19. The Morgan fingerprint density at radius 3 is 2.86 bits per heavy atom. The van der Waals surface area contributed by atoms with Crippen LogP contribution in [0.1, 0.15) is 13.8 Å². The number of halogens is 1. The Bertz CT molecular complexity index is 759. The van der Waals surface area contributed by atoms with Gasteiger partial charge in [-0.3, -0.25) is 9.69 Å². The van der Waals surface area contributed by atoms with E-state index in [1.807, 2.05) is 0 Å². The lowest BCUT2D eigenvalue weighted by Gasteiger charge is -2.15. The van der Waals surface area contributed by atoms with Gasteiger partial charge >= 0.3 is 6.03 Å². The van der Waals surface area contributed by atoms with E-state index < -0.39 is 5.54 Å².